The zero-order valence-corrected chi connectivity index (χ0v) is 16.9. The lowest BCUT2D eigenvalue weighted by molar-refractivity contribution is -0.130. The largest absolute Gasteiger partial charge is 0.493 e. The molecule has 1 aromatic carbocycles. The molecule has 0 saturated heterocycles. The van der Waals surface area contributed by atoms with Gasteiger partial charge in [0, 0.05) is 24.5 Å². The second-order valence-electron chi connectivity index (χ2n) is 7.01. The molecule has 0 fully saturated rings. The summed E-state index contributed by atoms with van der Waals surface area (Å²) in [7, 11) is 5.01. The molecule has 0 saturated carbocycles. The van der Waals surface area contributed by atoms with Crippen LogP contribution in [0, 0.1) is 5.41 Å². The van der Waals surface area contributed by atoms with Crippen LogP contribution in [-0.2, 0) is 11.2 Å². The average molecular weight is 378 g/mol. The van der Waals surface area contributed by atoms with E-state index in [2.05, 4.69) is 18.8 Å². The first-order valence-electron chi connectivity index (χ1n) is 8.40. The molecule has 6 nitrogen and oxygen atoms in total. The number of amides is 1. The number of carbonyl (C=O) groups is 1. The Labute approximate surface area is 158 Å². The van der Waals surface area contributed by atoms with Crippen molar-refractivity contribution < 1.29 is 14.3 Å². The number of nitrogens with two attached hydrogens (primary N) is 1. The van der Waals surface area contributed by atoms with Crippen LogP contribution < -0.4 is 15.2 Å². The van der Waals surface area contributed by atoms with Crippen molar-refractivity contribution >= 4 is 17.2 Å². The minimum absolute atomic E-state index is 0.0377. The number of aromatic nitrogens is 1. The van der Waals surface area contributed by atoms with E-state index in [4.69, 9.17) is 15.2 Å². The Balaban J connectivity index is 2.09. The van der Waals surface area contributed by atoms with Gasteiger partial charge >= 0.3 is 0 Å². The van der Waals surface area contributed by atoms with Gasteiger partial charge in [0.25, 0.3) is 0 Å². The summed E-state index contributed by atoms with van der Waals surface area (Å²) < 4.78 is 10.6. The van der Waals surface area contributed by atoms with Crippen LogP contribution in [0.2, 0.25) is 0 Å². The van der Waals surface area contributed by atoms with Crippen LogP contribution in [0.15, 0.2) is 23.6 Å². The normalized spacial score (nSPS) is 11.3. The third kappa shape index (κ3) is 4.95. The second kappa shape index (κ2) is 8.51. The van der Waals surface area contributed by atoms with E-state index < -0.39 is 0 Å². The number of carbonyl (C=O) groups excluding carboxylic acids is 1. The molecular formula is C19H27N3O3S. The Kier molecular flexibility index (Phi) is 6.61. The Hall–Kier alpha value is -2.12. The van der Waals surface area contributed by atoms with Crippen molar-refractivity contribution in [3.05, 3.63) is 29.3 Å². The lowest BCUT2D eigenvalue weighted by Crippen LogP contribution is -2.40. The van der Waals surface area contributed by atoms with Crippen molar-refractivity contribution in [2.75, 3.05) is 34.4 Å². The van der Waals surface area contributed by atoms with E-state index in [1.165, 1.54) is 11.3 Å². The molecule has 2 aromatic rings. The smallest absolute Gasteiger partial charge is 0.228 e. The Morgan fingerprint density at radius 1 is 1.27 bits per heavy atom. The summed E-state index contributed by atoms with van der Waals surface area (Å²) in [5.74, 6) is 1.37. The van der Waals surface area contributed by atoms with Crippen LogP contribution in [0.1, 0.15) is 19.5 Å². The number of nitrogens with zero attached hydrogens (tertiary/aromatic N) is 2. The van der Waals surface area contributed by atoms with Gasteiger partial charge < -0.3 is 20.1 Å². The molecule has 0 atom stereocenters. The summed E-state index contributed by atoms with van der Waals surface area (Å²) in [4.78, 5) is 18.8. The number of ether oxygens (including phenoxy) is 2. The molecule has 1 heterocycles. The molecule has 26 heavy (non-hydrogen) atoms. The fraction of sp³-hybridized carbons (Fsp3) is 0.474. The van der Waals surface area contributed by atoms with Gasteiger partial charge in [-0.1, -0.05) is 13.8 Å². The molecular weight excluding hydrogens is 350 g/mol. The van der Waals surface area contributed by atoms with Gasteiger partial charge in [-0.25, -0.2) is 4.98 Å². The van der Waals surface area contributed by atoms with Crippen LogP contribution in [0.4, 0.5) is 0 Å². The van der Waals surface area contributed by atoms with Gasteiger partial charge in [0.2, 0.25) is 5.91 Å². The van der Waals surface area contributed by atoms with E-state index in [-0.39, 0.29) is 17.7 Å². The minimum Gasteiger partial charge on any atom is -0.493 e. The molecule has 0 aliphatic rings. The Morgan fingerprint density at radius 3 is 2.58 bits per heavy atom. The first-order chi connectivity index (χ1) is 12.3. The zero-order chi connectivity index (χ0) is 19.3. The molecule has 0 spiro atoms. The van der Waals surface area contributed by atoms with Gasteiger partial charge in [0.15, 0.2) is 11.5 Å². The lowest BCUT2D eigenvalue weighted by Gasteiger charge is -2.28. The van der Waals surface area contributed by atoms with Crippen LogP contribution in [-0.4, -0.2) is 50.1 Å². The number of hydrogen-bond donors (Lipinski definition) is 1. The van der Waals surface area contributed by atoms with E-state index >= 15 is 0 Å². The average Bonchev–Trinajstić information content (AvgIpc) is 3.09. The van der Waals surface area contributed by atoms with E-state index in [1.807, 2.05) is 23.6 Å². The van der Waals surface area contributed by atoms with Gasteiger partial charge in [0.05, 0.1) is 26.3 Å². The molecule has 0 aliphatic carbocycles. The SMILES string of the molecule is COc1ccc(-c2nc(CC(=O)N(C)CC(C)(C)CN)cs2)cc1OC. The number of thiazole rings is 1. The highest BCUT2D eigenvalue weighted by Crippen LogP contribution is 2.33. The topological polar surface area (TPSA) is 77.7 Å². The quantitative estimate of drug-likeness (QED) is 0.765. The van der Waals surface area contributed by atoms with Gasteiger partial charge in [-0.2, -0.15) is 0 Å². The highest BCUT2D eigenvalue weighted by atomic mass is 32.1. The molecule has 0 bridgehead atoms. The second-order valence-corrected chi connectivity index (χ2v) is 7.87. The highest BCUT2D eigenvalue weighted by molar-refractivity contribution is 7.13. The highest BCUT2D eigenvalue weighted by Gasteiger charge is 2.22. The van der Waals surface area contributed by atoms with E-state index in [0.29, 0.717) is 24.6 Å². The Morgan fingerprint density at radius 2 is 1.96 bits per heavy atom. The van der Waals surface area contributed by atoms with Crippen molar-refractivity contribution in [1.82, 2.24) is 9.88 Å². The molecule has 142 valence electrons. The molecule has 2 N–H and O–H groups in total. The predicted molar refractivity (Wildman–Crippen MR) is 105 cm³/mol. The van der Waals surface area contributed by atoms with Crippen molar-refractivity contribution in [2.24, 2.45) is 11.1 Å². The molecule has 7 heteroatoms. The van der Waals surface area contributed by atoms with Crippen molar-refractivity contribution in [3.8, 4) is 22.1 Å². The van der Waals surface area contributed by atoms with E-state index in [0.717, 1.165) is 16.3 Å². The van der Waals surface area contributed by atoms with Crippen molar-refractivity contribution in [1.29, 1.82) is 0 Å². The minimum atomic E-state index is -0.0999. The third-order valence-electron chi connectivity index (χ3n) is 4.16. The maximum atomic E-state index is 12.4. The number of rotatable bonds is 8. The van der Waals surface area contributed by atoms with Crippen LogP contribution >= 0.6 is 11.3 Å². The standard InChI is InChI=1S/C19H27N3O3S/c1-19(2,11-20)12-22(3)17(23)9-14-10-26-18(21-14)13-6-7-15(24-4)16(8-13)25-5/h6-8,10H,9,11-12,20H2,1-5H3. The molecule has 1 aromatic heterocycles. The molecule has 0 aliphatic heterocycles. The predicted octanol–water partition coefficient (Wildman–Crippen LogP) is 2.81. The number of hydrogen-bond acceptors (Lipinski definition) is 6. The summed E-state index contributed by atoms with van der Waals surface area (Å²) in [6.07, 6.45) is 0.279. The maximum Gasteiger partial charge on any atom is 0.228 e. The van der Waals surface area contributed by atoms with Gasteiger partial charge in [0.1, 0.15) is 5.01 Å². The number of benzene rings is 1. The lowest BCUT2D eigenvalue weighted by atomic mass is 9.93. The number of likely N-dealkylation sites (N-methyl/N-ethyl adjacent to an activating group) is 1. The van der Waals surface area contributed by atoms with Crippen LogP contribution in [0.25, 0.3) is 10.6 Å². The van der Waals surface area contributed by atoms with Gasteiger partial charge in [-0.05, 0) is 30.2 Å². The van der Waals surface area contributed by atoms with Crippen LogP contribution in [0.3, 0.4) is 0 Å². The third-order valence-corrected chi connectivity index (χ3v) is 5.10. The molecule has 0 unspecified atom stereocenters. The summed E-state index contributed by atoms with van der Waals surface area (Å²) in [6, 6.07) is 5.67. The monoisotopic (exact) mass is 377 g/mol. The first kappa shape index (κ1) is 20.2. The Bertz CT molecular complexity index is 758. The summed E-state index contributed by atoms with van der Waals surface area (Å²) in [5, 5.41) is 2.77. The van der Waals surface area contributed by atoms with Gasteiger partial charge in [-0.15, -0.1) is 11.3 Å². The summed E-state index contributed by atoms with van der Waals surface area (Å²) in [5.41, 5.74) is 7.35. The van der Waals surface area contributed by atoms with Crippen molar-refractivity contribution in [2.45, 2.75) is 20.3 Å². The van der Waals surface area contributed by atoms with Gasteiger partial charge in [-0.3, -0.25) is 4.79 Å². The summed E-state index contributed by atoms with van der Waals surface area (Å²) >= 11 is 1.51. The van der Waals surface area contributed by atoms with Crippen molar-refractivity contribution in [3.63, 3.8) is 0 Å². The van der Waals surface area contributed by atoms with Crippen LogP contribution in [0.5, 0.6) is 11.5 Å². The summed E-state index contributed by atoms with van der Waals surface area (Å²) in [6.45, 7) is 5.25. The fourth-order valence-corrected chi connectivity index (χ4v) is 3.39. The first-order valence-corrected chi connectivity index (χ1v) is 9.28. The van der Waals surface area contributed by atoms with E-state index in [9.17, 15) is 4.79 Å². The maximum absolute atomic E-state index is 12.4. The fourth-order valence-electron chi connectivity index (χ4n) is 2.57. The molecule has 2 rings (SSSR count). The molecule has 1 amide bonds. The number of methoxy groups -OCH3 is 2. The zero-order valence-electron chi connectivity index (χ0n) is 16.0. The van der Waals surface area contributed by atoms with E-state index in [1.54, 1.807) is 26.2 Å². The molecule has 0 radical (unpaired) electrons.